The van der Waals surface area contributed by atoms with Crippen molar-refractivity contribution >= 4 is 49.0 Å². The van der Waals surface area contributed by atoms with E-state index in [4.69, 9.17) is 32.7 Å². The fourth-order valence-electron chi connectivity index (χ4n) is 5.20. The van der Waals surface area contributed by atoms with Gasteiger partial charge in [-0.25, -0.2) is 25.6 Å². The molecule has 10 nitrogen and oxygen atoms in total. The van der Waals surface area contributed by atoms with Gasteiger partial charge in [-0.15, -0.1) is 0 Å². The molecule has 0 radical (unpaired) electrons. The van der Waals surface area contributed by atoms with Crippen LogP contribution in [-0.2, 0) is 39.5 Å². The highest BCUT2D eigenvalue weighted by atomic mass is 35.5. The number of hydrogen-bond donors (Lipinski definition) is 2. The number of carbonyl (C=O) groups is 1. The van der Waals surface area contributed by atoms with Crippen molar-refractivity contribution in [1.82, 2.24) is 9.62 Å². The molecule has 0 atom stereocenters. The summed E-state index contributed by atoms with van der Waals surface area (Å²) < 4.78 is 93.2. The largest absolute Gasteiger partial charge is 0.506 e. The summed E-state index contributed by atoms with van der Waals surface area (Å²) in [5.74, 6) is -2.47. The van der Waals surface area contributed by atoms with Gasteiger partial charge < -0.3 is 19.9 Å². The van der Waals surface area contributed by atoms with Crippen LogP contribution in [0.2, 0.25) is 10.0 Å². The number of carbonyl (C=O) groups excluding carboxylic acids is 1. The zero-order valence-electron chi connectivity index (χ0n) is 27.4. The van der Waals surface area contributed by atoms with E-state index in [9.17, 15) is 35.5 Å². The van der Waals surface area contributed by atoms with Gasteiger partial charge in [-0.1, -0.05) is 53.5 Å². The first-order chi connectivity index (χ1) is 24.6. The Bertz CT molecular complexity index is 2350. The number of aromatic hydroxyl groups is 1. The van der Waals surface area contributed by atoms with Gasteiger partial charge in [0.05, 0.1) is 22.6 Å². The van der Waals surface area contributed by atoms with Gasteiger partial charge in [-0.05, 0) is 77.9 Å². The molecule has 0 saturated carbocycles. The Morgan fingerprint density at radius 1 is 0.846 bits per heavy atom. The number of sulfonamides is 1. The highest BCUT2D eigenvalue weighted by Gasteiger charge is 2.29. The lowest BCUT2D eigenvalue weighted by molar-refractivity contribution is 0.0946. The minimum absolute atomic E-state index is 0.0894. The molecular formula is C36H30Cl2F2N2O8S2. The zero-order valence-corrected chi connectivity index (χ0v) is 30.6. The number of amides is 1. The standard InChI is InChI=1S/C36H30Cl2F2N2O8S2/c1-49-31-10-6-9-29(33(31)40)36(44)41-19-22-15-23(17-27(16-22)50-26-13-11-25(39)12-14-26)20-42(52(47,48)28-7-4-3-5-8-28)21-24-18-30(37)35(51(2,45)46)32(38)34(24)43/h3-18,43H,19-21H2,1-2H3,(H,41,44). The number of sulfone groups is 1. The molecule has 5 aromatic carbocycles. The molecule has 0 aliphatic carbocycles. The average Bonchev–Trinajstić information content (AvgIpc) is 3.10. The highest BCUT2D eigenvalue weighted by molar-refractivity contribution is 7.91. The van der Waals surface area contributed by atoms with E-state index in [0.29, 0.717) is 11.1 Å². The van der Waals surface area contributed by atoms with E-state index in [1.807, 2.05) is 0 Å². The van der Waals surface area contributed by atoms with Gasteiger partial charge >= 0.3 is 0 Å². The molecule has 16 heteroatoms. The monoisotopic (exact) mass is 790 g/mol. The Balaban J connectivity index is 1.56. The normalized spacial score (nSPS) is 11.8. The summed E-state index contributed by atoms with van der Waals surface area (Å²) >= 11 is 12.5. The lowest BCUT2D eigenvalue weighted by Crippen LogP contribution is -2.30. The molecule has 5 rings (SSSR count). The van der Waals surface area contributed by atoms with E-state index in [1.165, 1.54) is 79.9 Å². The third-order valence-corrected chi connectivity index (χ3v) is 11.5. The van der Waals surface area contributed by atoms with Crippen molar-refractivity contribution in [3.05, 3.63) is 141 Å². The van der Waals surface area contributed by atoms with Crippen molar-refractivity contribution in [2.24, 2.45) is 0 Å². The first-order valence-corrected chi connectivity index (χ1v) is 19.3. The minimum Gasteiger partial charge on any atom is -0.506 e. The Kier molecular flexibility index (Phi) is 11.8. The van der Waals surface area contributed by atoms with Crippen LogP contribution in [0.3, 0.4) is 0 Å². The molecule has 5 aromatic rings. The van der Waals surface area contributed by atoms with Crippen LogP contribution < -0.4 is 14.8 Å². The van der Waals surface area contributed by atoms with Gasteiger partial charge in [0.25, 0.3) is 5.91 Å². The third kappa shape index (κ3) is 8.82. The van der Waals surface area contributed by atoms with Gasteiger partial charge in [0.15, 0.2) is 21.4 Å². The molecule has 0 aliphatic heterocycles. The van der Waals surface area contributed by atoms with Gasteiger partial charge in [-0.2, -0.15) is 4.31 Å². The molecule has 0 aromatic heterocycles. The number of methoxy groups -OCH3 is 1. The van der Waals surface area contributed by atoms with Crippen LogP contribution in [0.25, 0.3) is 0 Å². The summed E-state index contributed by atoms with van der Waals surface area (Å²) in [7, 11) is -7.03. The molecular weight excluding hydrogens is 761 g/mol. The smallest absolute Gasteiger partial charge is 0.254 e. The quantitative estimate of drug-likeness (QED) is 0.125. The number of nitrogens with zero attached hydrogens (tertiary/aromatic N) is 1. The second-order valence-electron chi connectivity index (χ2n) is 11.4. The summed E-state index contributed by atoms with van der Waals surface area (Å²) in [6.45, 7) is -1.03. The first kappa shape index (κ1) is 38.5. The molecule has 1 amide bonds. The number of halogens is 4. The van der Waals surface area contributed by atoms with Crippen LogP contribution in [0, 0.1) is 11.6 Å². The van der Waals surface area contributed by atoms with Crippen molar-refractivity contribution in [3.63, 3.8) is 0 Å². The summed E-state index contributed by atoms with van der Waals surface area (Å²) in [6, 6.07) is 22.5. The molecule has 52 heavy (non-hydrogen) atoms. The molecule has 0 spiro atoms. The SMILES string of the molecule is COc1cccc(C(=O)NCc2cc(CN(Cc3cc(Cl)c(S(C)(=O)=O)c(Cl)c3O)S(=O)(=O)c3ccccc3)cc(Oc3ccc(F)cc3)c2)c1F. The van der Waals surface area contributed by atoms with E-state index in [2.05, 4.69) is 5.32 Å². The third-order valence-electron chi connectivity index (χ3n) is 7.64. The molecule has 2 N–H and O–H groups in total. The Labute approximate surface area is 309 Å². The summed E-state index contributed by atoms with van der Waals surface area (Å²) in [5, 5.41) is 12.7. The lowest BCUT2D eigenvalue weighted by Gasteiger charge is -2.24. The molecule has 0 unspecified atom stereocenters. The van der Waals surface area contributed by atoms with E-state index in [0.717, 1.165) is 16.6 Å². The second kappa shape index (κ2) is 15.9. The number of rotatable bonds is 13. The maximum Gasteiger partial charge on any atom is 0.254 e. The van der Waals surface area contributed by atoms with Crippen molar-refractivity contribution in [2.75, 3.05) is 13.4 Å². The Morgan fingerprint density at radius 3 is 2.17 bits per heavy atom. The lowest BCUT2D eigenvalue weighted by atomic mass is 10.1. The Hall–Kier alpha value is -4.73. The maximum absolute atomic E-state index is 14.8. The predicted molar refractivity (Wildman–Crippen MR) is 191 cm³/mol. The predicted octanol–water partition coefficient (Wildman–Crippen LogP) is 7.50. The van der Waals surface area contributed by atoms with Gasteiger partial charge in [0.2, 0.25) is 10.0 Å². The van der Waals surface area contributed by atoms with Crippen LogP contribution in [0.4, 0.5) is 8.78 Å². The summed E-state index contributed by atoms with van der Waals surface area (Å²) in [4.78, 5) is 12.4. The van der Waals surface area contributed by atoms with Crippen LogP contribution >= 0.6 is 23.2 Å². The number of benzene rings is 5. The van der Waals surface area contributed by atoms with Crippen molar-refractivity contribution in [2.45, 2.75) is 29.4 Å². The molecule has 0 fully saturated rings. The molecule has 272 valence electrons. The number of ether oxygens (including phenoxy) is 2. The topological polar surface area (TPSA) is 139 Å². The fraction of sp³-hybridized carbons (Fsp3) is 0.139. The number of nitrogens with one attached hydrogen (secondary N) is 1. The van der Waals surface area contributed by atoms with Crippen molar-refractivity contribution in [3.8, 4) is 23.0 Å². The zero-order chi connectivity index (χ0) is 37.8. The van der Waals surface area contributed by atoms with Crippen LogP contribution in [0.1, 0.15) is 27.0 Å². The molecule has 0 bridgehead atoms. The molecule has 0 saturated heterocycles. The number of phenols is 1. The van der Waals surface area contributed by atoms with Gasteiger partial charge in [-0.3, -0.25) is 4.79 Å². The maximum atomic E-state index is 14.8. The average molecular weight is 792 g/mol. The highest BCUT2D eigenvalue weighted by Crippen LogP contribution is 2.40. The van der Waals surface area contributed by atoms with Crippen molar-refractivity contribution < 1.29 is 45.0 Å². The summed E-state index contributed by atoms with van der Waals surface area (Å²) in [5.41, 5.74) is 0.390. The van der Waals surface area contributed by atoms with Crippen molar-refractivity contribution in [1.29, 1.82) is 0 Å². The van der Waals surface area contributed by atoms with Crippen LogP contribution in [0.15, 0.2) is 107 Å². The van der Waals surface area contributed by atoms with E-state index in [1.54, 1.807) is 18.2 Å². The van der Waals surface area contributed by atoms with E-state index < -0.39 is 59.6 Å². The van der Waals surface area contributed by atoms with E-state index >= 15 is 0 Å². The second-order valence-corrected chi connectivity index (χ2v) is 16.1. The summed E-state index contributed by atoms with van der Waals surface area (Å²) in [6.07, 6.45) is 0.861. The minimum atomic E-state index is -4.33. The Morgan fingerprint density at radius 2 is 1.52 bits per heavy atom. The van der Waals surface area contributed by atoms with Gasteiger partial charge in [0, 0.05) is 31.5 Å². The molecule has 0 aliphatic rings. The van der Waals surface area contributed by atoms with E-state index in [-0.39, 0.29) is 51.4 Å². The fourth-order valence-corrected chi connectivity index (χ4v) is 8.80. The first-order valence-electron chi connectivity index (χ1n) is 15.2. The van der Waals surface area contributed by atoms with Crippen LogP contribution in [-0.4, -0.2) is 45.5 Å². The van der Waals surface area contributed by atoms with Crippen LogP contribution in [0.5, 0.6) is 23.0 Å². The molecule has 0 heterocycles. The number of hydrogen-bond acceptors (Lipinski definition) is 8. The van der Waals surface area contributed by atoms with Gasteiger partial charge in [0.1, 0.15) is 33.0 Å². The number of phenolic OH excluding ortho intramolecular Hbond substituents is 1.